The quantitative estimate of drug-likeness (QED) is 0.739. The van der Waals surface area contributed by atoms with Crippen molar-refractivity contribution in [1.82, 2.24) is 5.32 Å². The summed E-state index contributed by atoms with van der Waals surface area (Å²) in [6.07, 6.45) is -3.98. The Balaban J connectivity index is 1.55. The van der Waals surface area contributed by atoms with Gasteiger partial charge in [-0.05, 0) is 36.2 Å². The van der Waals surface area contributed by atoms with Crippen molar-refractivity contribution in [3.63, 3.8) is 0 Å². The molecular weight excluding hydrogens is 405 g/mol. The molecule has 1 unspecified atom stereocenters. The van der Waals surface area contributed by atoms with Crippen molar-refractivity contribution in [2.24, 2.45) is 0 Å². The summed E-state index contributed by atoms with van der Waals surface area (Å²) >= 11 is 1.09. The van der Waals surface area contributed by atoms with Crippen molar-refractivity contribution in [2.75, 3.05) is 19.0 Å². The molecule has 1 atom stereocenters. The number of alkyl halides is 3. The summed E-state index contributed by atoms with van der Waals surface area (Å²) in [5.41, 5.74) is 0.238. The van der Waals surface area contributed by atoms with E-state index < -0.39 is 22.9 Å². The lowest BCUT2D eigenvalue weighted by molar-refractivity contribution is -0.137. The van der Waals surface area contributed by atoms with E-state index in [-0.39, 0.29) is 18.0 Å². The third-order valence-electron chi connectivity index (χ3n) is 4.41. The fourth-order valence-corrected chi connectivity index (χ4v) is 4.04. The van der Waals surface area contributed by atoms with Crippen molar-refractivity contribution in [3.05, 3.63) is 53.6 Å². The van der Waals surface area contributed by atoms with Gasteiger partial charge in [-0.25, -0.2) is 0 Å². The van der Waals surface area contributed by atoms with Crippen LogP contribution in [0.2, 0.25) is 0 Å². The number of para-hydroxylation sites is 1. The van der Waals surface area contributed by atoms with Gasteiger partial charge in [-0.1, -0.05) is 18.2 Å². The molecule has 0 spiro atoms. The first-order chi connectivity index (χ1) is 13.8. The van der Waals surface area contributed by atoms with Crippen LogP contribution in [0, 0.1) is 0 Å². The second-order valence-electron chi connectivity index (χ2n) is 6.42. The summed E-state index contributed by atoms with van der Waals surface area (Å²) in [5.74, 6) is -0.0524. The van der Waals surface area contributed by atoms with Crippen LogP contribution in [-0.2, 0) is 22.2 Å². The van der Waals surface area contributed by atoms with Gasteiger partial charge in [-0.3, -0.25) is 9.59 Å². The summed E-state index contributed by atoms with van der Waals surface area (Å²) in [7, 11) is 1.58. The van der Waals surface area contributed by atoms with E-state index in [0.29, 0.717) is 17.9 Å². The molecule has 1 heterocycles. The van der Waals surface area contributed by atoms with Crippen LogP contribution in [-0.4, -0.2) is 30.7 Å². The summed E-state index contributed by atoms with van der Waals surface area (Å²) in [4.78, 5) is 24.9. The molecule has 1 aliphatic heterocycles. The number of benzene rings is 2. The van der Waals surface area contributed by atoms with Crippen LogP contribution in [0.25, 0.3) is 0 Å². The number of fused-ring (bicyclic) bond motifs is 1. The van der Waals surface area contributed by atoms with E-state index in [9.17, 15) is 22.8 Å². The average Bonchev–Trinajstić information content (AvgIpc) is 2.68. The number of rotatable bonds is 6. The molecule has 154 valence electrons. The minimum absolute atomic E-state index is 0.0666. The first-order valence-electron chi connectivity index (χ1n) is 8.85. The SMILES string of the molecule is COc1ccccc1CCNC(=O)CC1Sc2ccc(C(F)(F)F)cc2NC1=O. The Morgan fingerprint density at radius 1 is 1.24 bits per heavy atom. The predicted octanol–water partition coefficient (Wildman–Crippen LogP) is 3.88. The lowest BCUT2D eigenvalue weighted by Gasteiger charge is -2.24. The lowest BCUT2D eigenvalue weighted by Crippen LogP contribution is -2.35. The highest BCUT2D eigenvalue weighted by Crippen LogP contribution is 2.40. The van der Waals surface area contributed by atoms with E-state index in [1.165, 1.54) is 6.07 Å². The predicted molar refractivity (Wildman–Crippen MR) is 104 cm³/mol. The molecule has 0 radical (unpaired) electrons. The van der Waals surface area contributed by atoms with Crippen molar-refractivity contribution in [2.45, 2.75) is 29.2 Å². The van der Waals surface area contributed by atoms with Crippen molar-refractivity contribution in [1.29, 1.82) is 0 Å². The highest BCUT2D eigenvalue weighted by molar-refractivity contribution is 8.01. The molecule has 2 amide bonds. The van der Waals surface area contributed by atoms with Gasteiger partial charge in [0.1, 0.15) is 5.75 Å². The Kier molecular flexibility index (Phi) is 6.36. The summed E-state index contributed by atoms with van der Waals surface area (Å²) in [5, 5.41) is 4.53. The Morgan fingerprint density at radius 3 is 2.72 bits per heavy atom. The molecule has 0 aromatic heterocycles. The van der Waals surface area contributed by atoms with Gasteiger partial charge in [0.05, 0.1) is 23.6 Å². The van der Waals surface area contributed by atoms with Gasteiger partial charge in [0.2, 0.25) is 11.8 Å². The first kappa shape index (κ1) is 21.0. The van der Waals surface area contributed by atoms with Crippen LogP contribution in [0.1, 0.15) is 17.5 Å². The zero-order valence-electron chi connectivity index (χ0n) is 15.5. The molecule has 5 nitrogen and oxygen atoms in total. The number of ether oxygens (including phenoxy) is 1. The van der Waals surface area contributed by atoms with Crippen LogP contribution in [0.4, 0.5) is 18.9 Å². The van der Waals surface area contributed by atoms with Gasteiger partial charge >= 0.3 is 6.18 Å². The molecule has 9 heteroatoms. The van der Waals surface area contributed by atoms with E-state index >= 15 is 0 Å². The Hall–Kier alpha value is -2.68. The Bertz CT molecular complexity index is 918. The fourth-order valence-electron chi connectivity index (χ4n) is 2.95. The number of carbonyl (C=O) groups is 2. The standard InChI is InChI=1S/C20H19F3N2O3S/c1-28-15-5-3-2-4-12(15)8-9-24-18(26)11-17-19(27)25-14-10-13(20(21,22)23)6-7-16(14)29-17/h2-7,10,17H,8-9,11H2,1H3,(H,24,26)(H,25,27). The summed E-state index contributed by atoms with van der Waals surface area (Å²) in [6, 6.07) is 10.7. The zero-order valence-corrected chi connectivity index (χ0v) is 16.3. The van der Waals surface area contributed by atoms with E-state index in [0.717, 1.165) is 35.2 Å². The molecule has 2 N–H and O–H groups in total. The molecule has 1 aliphatic rings. The van der Waals surface area contributed by atoms with Crippen molar-refractivity contribution >= 4 is 29.3 Å². The van der Waals surface area contributed by atoms with Gasteiger partial charge < -0.3 is 15.4 Å². The molecule has 0 saturated carbocycles. The molecule has 29 heavy (non-hydrogen) atoms. The number of halogens is 3. The van der Waals surface area contributed by atoms with Gasteiger partial charge in [-0.2, -0.15) is 13.2 Å². The number of amides is 2. The molecule has 0 fully saturated rings. The number of thioether (sulfide) groups is 1. The third-order valence-corrected chi connectivity index (χ3v) is 5.68. The maximum Gasteiger partial charge on any atom is 0.416 e. The summed E-state index contributed by atoms with van der Waals surface area (Å²) < 4.78 is 43.7. The number of hydrogen-bond donors (Lipinski definition) is 2. The molecule has 0 saturated heterocycles. The highest BCUT2D eigenvalue weighted by atomic mass is 32.2. The van der Waals surface area contributed by atoms with E-state index in [1.54, 1.807) is 7.11 Å². The zero-order chi connectivity index (χ0) is 21.0. The van der Waals surface area contributed by atoms with Crippen LogP contribution < -0.4 is 15.4 Å². The van der Waals surface area contributed by atoms with Gasteiger partial charge in [0.25, 0.3) is 0 Å². The second-order valence-corrected chi connectivity index (χ2v) is 7.66. The molecule has 2 aromatic carbocycles. The van der Waals surface area contributed by atoms with Crippen LogP contribution >= 0.6 is 11.8 Å². The molecule has 0 aliphatic carbocycles. The fraction of sp³-hybridized carbons (Fsp3) is 0.300. The summed E-state index contributed by atoms with van der Waals surface area (Å²) in [6.45, 7) is 0.379. The molecule has 3 rings (SSSR count). The minimum atomic E-state index is -4.48. The van der Waals surface area contributed by atoms with Gasteiger partial charge in [-0.15, -0.1) is 11.8 Å². The van der Waals surface area contributed by atoms with Gasteiger partial charge in [0, 0.05) is 17.9 Å². The first-order valence-corrected chi connectivity index (χ1v) is 9.73. The van der Waals surface area contributed by atoms with Crippen LogP contribution in [0.15, 0.2) is 47.4 Å². The number of carbonyl (C=O) groups excluding carboxylic acids is 2. The maximum absolute atomic E-state index is 12.8. The van der Waals surface area contributed by atoms with Gasteiger partial charge in [0.15, 0.2) is 0 Å². The number of nitrogens with one attached hydrogen (secondary N) is 2. The largest absolute Gasteiger partial charge is 0.496 e. The maximum atomic E-state index is 12.8. The Labute approximate surface area is 170 Å². The average molecular weight is 424 g/mol. The lowest BCUT2D eigenvalue weighted by atomic mass is 10.1. The topological polar surface area (TPSA) is 67.4 Å². The number of anilines is 1. The van der Waals surface area contributed by atoms with E-state index in [2.05, 4.69) is 10.6 Å². The third kappa shape index (κ3) is 5.23. The Morgan fingerprint density at radius 2 is 2.00 bits per heavy atom. The smallest absolute Gasteiger partial charge is 0.416 e. The van der Waals surface area contributed by atoms with Crippen LogP contribution in [0.3, 0.4) is 0 Å². The molecular formula is C20H19F3N2O3S. The van der Waals surface area contributed by atoms with E-state index in [4.69, 9.17) is 4.74 Å². The minimum Gasteiger partial charge on any atom is -0.496 e. The number of hydrogen-bond acceptors (Lipinski definition) is 4. The van der Waals surface area contributed by atoms with Crippen LogP contribution in [0.5, 0.6) is 5.75 Å². The van der Waals surface area contributed by atoms with E-state index in [1.807, 2.05) is 24.3 Å². The number of methoxy groups -OCH3 is 1. The molecule has 0 bridgehead atoms. The normalized spacial score (nSPS) is 16.0. The van der Waals surface area contributed by atoms with Crippen molar-refractivity contribution in [3.8, 4) is 5.75 Å². The molecule has 2 aromatic rings. The van der Waals surface area contributed by atoms with Crippen molar-refractivity contribution < 1.29 is 27.5 Å². The highest BCUT2D eigenvalue weighted by Gasteiger charge is 2.34. The monoisotopic (exact) mass is 424 g/mol. The second kappa shape index (κ2) is 8.77.